The number of hydrogen-bond acceptors (Lipinski definition) is 3. The van der Waals surface area contributed by atoms with Gasteiger partial charge in [-0.1, -0.05) is 74.0 Å². The van der Waals surface area contributed by atoms with Gasteiger partial charge < -0.3 is 9.73 Å². The lowest BCUT2D eigenvalue weighted by Crippen LogP contribution is -2.15. The van der Waals surface area contributed by atoms with Gasteiger partial charge in [-0.3, -0.25) is 0 Å². The average Bonchev–Trinajstić information content (AvgIpc) is 3.32. The lowest BCUT2D eigenvalue weighted by atomic mass is 9.82. The monoisotopic (exact) mass is 416 g/mol. The van der Waals surface area contributed by atoms with Crippen molar-refractivity contribution in [3.63, 3.8) is 0 Å². The molecule has 156 valence electrons. The van der Waals surface area contributed by atoms with Crippen LogP contribution >= 0.6 is 0 Å². The Labute approximate surface area is 187 Å². The highest BCUT2D eigenvalue weighted by molar-refractivity contribution is 5.93. The van der Waals surface area contributed by atoms with Crippen molar-refractivity contribution in [1.29, 1.82) is 0 Å². The van der Waals surface area contributed by atoms with Gasteiger partial charge in [0.15, 0.2) is 5.58 Å². The van der Waals surface area contributed by atoms with Gasteiger partial charge >= 0.3 is 0 Å². The largest absolute Gasteiger partial charge is 0.436 e. The van der Waals surface area contributed by atoms with E-state index in [1.807, 2.05) is 36.4 Å². The minimum Gasteiger partial charge on any atom is -0.436 e. The Morgan fingerprint density at radius 2 is 1.53 bits per heavy atom. The van der Waals surface area contributed by atoms with Gasteiger partial charge in [0.2, 0.25) is 5.89 Å². The summed E-state index contributed by atoms with van der Waals surface area (Å²) in [6, 6.07) is 29.4. The standard InChI is InChI=1S/C29H24N2O/c1-18-15-16-19-22(17-18)29(2,3)21-10-8-13-25(27(19)21)30-23-11-5-4-9-20(23)28-31-24-12-6-7-14-26(24)32-28/h4-17,30H,1-3H3. The Morgan fingerprint density at radius 1 is 0.750 bits per heavy atom. The van der Waals surface area contributed by atoms with E-state index in [4.69, 9.17) is 9.40 Å². The molecule has 3 nitrogen and oxygen atoms in total. The fourth-order valence-corrected chi connectivity index (χ4v) is 4.92. The SMILES string of the molecule is Cc1ccc2c(c1)C(C)(C)c1cccc(Nc3ccccc3-c3nc4ccccc4o3)c1-2. The Balaban J connectivity index is 1.49. The van der Waals surface area contributed by atoms with E-state index in [0.717, 1.165) is 28.0 Å². The number of fused-ring (bicyclic) bond motifs is 4. The number of aromatic nitrogens is 1. The lowest BCUT2D eigenvalue weighted by Gasteiger charge is -2.22. The summed E-state index contributed by atoms with van der Waals surface area (Å²) in [6.07, 6.45) is 0. The average molecular weight is 417 g/mol. The minimum absolute atomic E-state index is 0.0335. The molecule has 1 N–H and O–H groups in total. The number of oxazole rings is 1. The maximum Gasteiger partial charge on any atom is 0.229 e. The topological polar surface area (TPSA) is 38.1 Å². The molecule has 6 rings (SSSR count). The number of aryl methyl sites for hydroxylation is 1. The van der Waals surface area contributed by atoms with Crippen LogP contribution in [0, 0.1) is 6.92 Å². The summed E-state index contributed by atoms with van der Waals surface area (Å²) in [5.41, 5.74) is 11.3. The molecule has 1 heterocycles. The van der Waals surface area contributed by atoms with Crippen molar-refractivity contribution < 1.29 is 4.42 Å². The zero-order valence-electron chi connectivity index (χ0n) is 18.4. The Bertz CT molecular complexity index is 1460. The van der Waals surface area contributed by atoms with Crippen molar-refractivity contribution in [2.24, 2.45) is 0 Å². The van der Waals surface area contributed by atoms with Crippen LogP contribution < -0.4 is 5.32 Å². The quantitative estimate of drug-likeness (QED) is 0.325. The zero-order valence-corrected chi connectivity index (χ0v) is 18.4. The van der Waals surface area contributed by atoms with E-state index in [1.165, 1.54) is 27.8 Å². The molecule has 0 amide bonds. The summed E-state index contributed by atoms with van der Waals surface area (Å²) in [5.74, 6) is 0.623. The second-order valence-corrected chi connectivity index (χ2v) is 9.06. The van der Waals surface area contributed by atoms with Crippen LogP contribution in [0.25, 0.3) is 33.7 Å². The first-order valence-electron chi connectivity index (χ1n) is 11.0. The van der Waals surface area contributed by atoms with Gasteiger partial charge in [0.05, 0.1) is 11.3 Å². The second kappa shape index (κ2) is 6.83. The summed E-state index contributed by atoms with van der Waals surface area (Å²) in [6.45, 7) is 6.79. The Hall–Kier alpha value is -3.85. The Kier molecular flexibility index (Phi) is 4.03. The molecule has 3 heteroatoms. The molecule has 32 heavy (non-hydrogen) atoms. The van der Waals surface area contributed by atoms with Gasteiger partial charge in [0.25, 0.3) is 0 Å². The molecule has 5 aromatic rings. The summed E-state index contributed by atoms with van der Waals surface area (Å²) in [7, 11) is 0. The van der Waals surface area contributed by atoms with E-state index in [9.17, 15) is 0 Å². The highest BCUT2D eigenvalue weighted by atomic mass is 16.3. The van der Waals surface area contributed by atoms with Crippen LogP contribution in [-0.4, -0.2) is 4.98 Å². The normalized spacial score (nSPS) is 13.7. The molecule has 0 unspecified atom stereocenters. The van der Waals surface area contributed by atoms with Gasteiger partial charge in [-0.25, -0.2) is 4.98 Å². The van der Waals surface area contributed by atoms with Gasteiger partial charge in [-0.2, -0.15) is 0 Å². The van der Waals surface area contributed by atoms with Gasteiger partial charge in [0, 0.05) is 16.7 Å². The number of benzene rings is 4. The Morgan fingerprint density at radius 3 is 2.41 bits per heavy atom. The van der Waals surface area contributed by atoms with Crippen LogP contribution in [0.5, 0.6) is 0 Å². The molecule has 0 radical (unpaired) electrons. The molecule has 0 fully saturated rings. The van der Waals surface area contributed by atoms with Crippen LogP contribution in [0.15, 0.2) is 89.3 Å². The molecule has 1 aliphatic rings. The third-order valence-corrected chi connectivity index (χ3v) is 6.58. The summed E-state index contributed by atoms with van der Waals surface area (Å²) < 4.78 is 6.08. The summed E-state index contributed by atoms with van der Waals surface area (Å²) in [5, 5.41) is 3.71. The highest BCUT2D eigenvalue weighted by Gasteiger charge is 2.36. The van der Waals surface area contributed by atoms with Crippen molar-refractivity contribution in [3.05, 3.63) is 102 Å². The second-order valence-electron chi connectivity index (χ2n) is 9.06. The molecule has 1 aliphatic carbocycles. The number of nitrogens with one attached hydrogen (secondary N) is 1. The fourth-order valence-electron chi connectivity index (χ4n) is 4.92. The van der Waals surface area contributed by atoms with Crippen LogP contribution in [0.3, 0.4) is 0 Å². The number of rotatable bonds is 3. The molecule has 0 bridgehead atoms. The van der Waals surface area contributed by atoms with Crippen molar-refractivity contribution in [2.75, 3.05) is 5.32 Å². The number of para-hydroxylation sites is 3. The molecule has 0 aliphatic heterocycles. The molecular weight excluding hydrogens is 392 g/mol. The summed E-state index contributed by atoms with van der Waals surface area (Å²) >= 11 is 0. The van der Waals surface area contributed by atoms with Gasteiger partial charge in [0.1, 0.15) is 5.52 Å². The van der Waals surface area contributed by atoms with E-state index in [-0.39, 0.29) is 5.41 Å². The maximum atomic E-state index is 6.08. The third-order valence-electron chi connectivity index (χ3n) is 6.58. The molecular formula is C29H24N2O. The predicted octanol–water partition coefficient (Wildman–Crippen LogP) is 7.85. The van der Waals surface area contributed by atoms with Gasteiger partial charge in [-0.15, -0.1) is 0 Å². The van der Waals surface area contributed by atoms with Crippen LogP contribution in [0.2, 0.25) is 0 Å². The fraction of sp³-hybridized carbons (Fsp3) is 0.138. The van der Waals surface area contributed by atoms with Gasteiger partial charge in [-0.05, 0) is 53.9 Å². The van der Waals surface area contributed by atoms with Crippen molar-refractivity contribution in [3.8, 4) is 22.6 Å². The molecule has 0 saturated carbocycles. The van der Waals surface area contributed by atoms with E-state index < -0.39 is 0 Å². The number of anilines is 2. The summed E-state index contributed by atoms with van der Waals surface area (Å²) in [4.78, 5) is 4.72. The number of nitrogens with zero attached hydrogens (tertiary/aromatic N) is 1. The predicted molar refractivity (Wildman–Crippen MR) is 131 cm³/mol. The van der Waals surface area contributed by atoms with E-state index >= 15 is 0 Å². The van der Waals surface area contributed by atoms with Crippen molar-refractivity contribution in [1.82, 2.24) is 4.98 Å². The third kappa shape index (κ3) is 2.78. The van der Waals surface area contributed by atoms with E-state index in [0.29, 0.717) is 5.89 Å². The zero-order chi connectivity index (χ0) is 21.9. The number of hydrogen-bond donors (Lipinski definition) is 1. The van der Waals surface area contributed by atoms with Crippen LogP contribution in [0.4, 0.5) is 11.4 Å². The molecule has 1 aromatic heterocycles. The highest BCUT2D eigenvalue weighted by Crippen LogP contribution is 2.52. The lowest BCUT2D eigenvalue weighted by molar-refractivity contribution is 0.620. The molecule has 0 atom stereocenters. The molecule has 0 saturated heterocycles. The first kappa shape index (κ1) is 18.9. The van der Waals surface area contributed by atoms with E-state index in [1.54, 1.807) is 0 Å². The first-order valence-corrected chi connectivity index (χ1v) is 11.0. The molecule has 4 aromatic carbocycles. The minimum atomic E-state index is -0.0335. The molecule has 0 spiro atoms. The van der Waals surface area contributed by atoms with Crippen molar-refractivity contribution in [2.45, 2.75) is 26.2 Å². The maximum absolute atomic E-state index is 6.08. The smallest absolute Gasteiger partial charge is 0.229 e. The van der Waals surface area contributed by atoms with Crippen molar-refractivity contribution >= 4 is 22.5 Å². The van der Waals surface area contributed by atoms with E-state index in [2.05, 4.69) is 74.6 Å². The first-order chi connectivity index (χ1) is 15.5. The van der Waals surface area contributed by atoms with Crippen LogP contribution in [-0.2, 0) is 5.41 Å². The van der Waals surface area contributed by atoms with Crippen LogP contribution in [0.1, 0.15) is 30.5 Å².